The maximum Gasteiger partial charge on any atom is 0.254 e. The fourth-order valence-corrected chi connectivity index (χ4v) is 6.43. The van der Waals surface area contributed by atoms with Gasteiger partial charge in [-0.25, -0.2) is 4.68 Å². The Hall–Kier alpha value is -3.36. The number of carbonyl (C=O) groups excluding carboxylic acids is 1. The Bertz CT molecular complexity index is 1230. The molecule has 1 aromatic heterocycles. The number of fused-ring (bicyclic) bond motifs is 1. The molecule has 4 N–H and O–H groups in total. The molecule has 0 bridgehead atoms. The number of hydrogen-bond acceptors (Lipinski definition) is 6. The summed E-state index contributed by atoms with van der Waals surface area (Å²) < 4.78 is 8.01. The van der Waals surface area contributed by atoms with Crippen LogP contribution in [-0.2, 0) is 0 Å². The molecule has 0 unspecified atom stereocenters. The van der Waals surface area contributed by atoms with E-state index in [0.29, 0.717) is 17.2 Å². The quantitative estimate of drug-likeness (QED) is 0.429. The van der Waals surface area contributed by atoms with Crippen molar-refractivity contribution in [1.82, 2.24) is 20.0 Å². The fourth-order valence-electron chi connectivity index (χ4n) is 6.43. The number of para-hydroxylation sites is 1. The van der Waals surface area contributed by atoms with E-state index >= 15 is 0 Å². The number of ether oxygens (including phenoxy) is 1. The normalized spacial score (nSPS) is 21.0. The van der Waals surface area contributed by atoms with Crippen molar-refractivity contribution in [2.75, 3.05) is 44.6 Å². The molecule has 6 rings (SSSR count). The number of nitrogens with one attached hydrogen (secondary N) is 2. The molecule has 200 valence electrons. The standard InChI is InChI=1S/C30H38N6O2/c31-29(37)27-28(23-6-8-25(9-7-23)38-24-4-2-1-3-5-24)34-36-26(12-17-33-30(27)36)22-13-18-35(19-14-22)20-21-10-15-32-16-11-21/h1-9,21-22,26,32-33H,10-20H2,(H2,31,37)/t26-/m0/s1. The number of nitrogens with zero attached hydrogens (tertiary/aromatic N) is 3. The first-order chi connectivity index (χ1) is 18.7. The van der Waals surface area contributed by atoms with Gasteiger partial charge in [-0.1, -0.05) is 18.2 Å². The van der Waals surface area contributed by atoms with Gasteiger partial charge >= 0.3 is 0 Å². The SMILES string of the molecule is NC(=O)c1c(-c2ccc(Oc3ccccc3)cc2)nn2c1NCC[C@H]2C1CCN(CC2CCNCC2)CC1. The zero-order valence-corrected chi connectivity index (χ0v) is 21.9. The lowest BCUT2D eigenvalue weighted by Crippen LogP contribution is -2.42. The second-order valence-corrected chi connectivity index (χ2v) is 10.9. The maximum atomic E-state index is 12.6. The lowest BCUT2D eigenvalue weighted by Gasteiger charge is -2.39. The van der Waals surface area contributed by atoms with Crippen LogP contribution in [0, 0.1) is 11.8 Å². The molecular weight excluding hydrogens is 476 g/mol. The van der Waals surface area contributed by atoms with E-state index in [-0.39, 0.29) is 6.04 Å². The number of hydrogen-bond donors (Lipinski definition) is 3. The average Bonchev–Trinajstić information content (AvgIpc) is 3.35. The molecule has 2 fully saturated rings. The Kier molecular flexibility index (Phi) is 7.33. The molecule has 0 radical (unpaired) electrons. The third kappa shape index (κ3) is 5.28. The molecule has 0 aliphatic carbocycles. The number of amides is 1. The lowest BCUT2D eigenvalue weighted by atomic mass is 9.86. The summed E-state index contributed by atoms with van der Waals surface area (Å²) in [6.45, 7) is 6.67. The zero-order valence-electron chi connectivity index (χ0n) is 21.9. The van der Waals surface area contributed by atoms with Crippen molar-refractivity contribution in [3.63, 3.8) is 0 Å². The van der Waals surface area contributed by atoms with Gasteiger partial charge in [-0.15, -0.1) is 0 Å². The lowest BCUT2D eigenvalue weighted by molar-refractivity contribution is 0.100. The molecule has 38 heavy (non-hydrogen) atoms. The first-order valence-electron chi connectivity index (χ1n) is 14.1. The Labute approximate surface area is 224 Å². The van der Waals surface area contributed by atoms with E-state index in [2.05, 4.69) is 20.2 Å². The van der Waals surface area contributed by atoms with Crippen molar-refractivity contribution in [3.05, 3.63) is 60.2 Å². The summed E-state index contributed by atoms with van der Waals surface area (Å²) in [5, 5.41) is 11.9. The van der Waals surface area contributed by atoms with Gasteiger partial charge in [-0.05, 0) is 107 Å². The Morgan fingerprint density at radius 1 is 0.921 bits per heavy atom. The van der Waals surface area contributed by atoms with E-state index in [9.17, 15) is 4.79 Å². The van der Waals surface area contributed by atoms with Crippen LogP contribution in [0.25, 0.3) is 11.3 Å². The van der Waals surface area contributed by atoms with Crippen LogP contribution in [0.2, 0.25) is 0 Å². The number of piperidine rings is 2. The smallest absolute Gasteiger partial charge is 0.254 e. The molecule has 2 saturated heterocycles. The summed E-state index contributed by atoms with van der Waals surface area (Å²) >= 11 is 0. The van der Waals surface area contributed by atoms with Gasteiger partial charge in [0.2, 0.25) is 0 Å². The van der Waals surface area contributed by atoms with E-state index in [4.69, 9.17) is 15.6 Å². The molecule has 1 amide bonds. The number of rotatable bonds is 7. The Morgan fingerprint density at radius 2 is 1.63 bits per heavy atom. The van der Waals surface area contributed by atoms with E-state index in [1.54, 1.807) is 0 Å². The predicted octanol–water partition coefficient (Wildman–Crippen LogP) is 4.51. The van der Waals surface area contributed by atoms with Crippen molar-refractivity contribution in [1.29, 1.82) is 0 Å². The highest BCUT2D eigenvalue weighted by Crippen LogP contribution is 2.40. The summed E-state index contributed by atoms with van der Waals surface area (Å²) in [7, 11) is 0. The summed E-state index contributed by atoms with van der Waals surface area (Å²) in [5.74, 6) is 3.22. The topological polar surface area (TPSA) is 97.4 Å². The van der Waals surface area contributed by atoms with Gasteiger partial charge in [-0.3, -0.25) is 4.79 Å². The van der Waals surface area contributed by atoms with Crippen molar-refractivity contribution in [2.24, 2.45) is 17.6 Å². The van der Waals surface area contributed by atoms with Crippen LogP contribution < -0.4 is 21.1 Å². The molecule has 2 aromatic carbocycles. The highest BCUT2D eigenvalue weighted by atomic mass is 16.5. The summed E-state index contributed by atoms with van der Waals surface area (Å²) in [6, 6.07) is 17.7. The van der Waals surface area contributed by atoms with Crippen LogP contribution in [0.5, 0.6) is 11.5 Å². The predicted molar refractivity (Wildman–Crippen MR) is 150 cm³/mol. The molecular formula is C30H38N6O2. The van der Waals surface area contributed by atoms with E-state index in [0.717, 1.165) is 67.9 Å². The van der Waals surface area contributed by atoms with Gasteiger partial charge < -0.3 is 26.0 Å². The van der Waals surface area contributed by atoms with E-state index < -0.39 is 5.91 Å². The summed E-state index contributed by atoms with van der Waals surface area (Å²) in [6.07, 6.45) is 5.93. The van der Waals surface area contributed by atoms with Crippen molar-refractivity contribution in [3.8, 4) is 22.8 Å². The minimum absolute atomic E-state index is 0.278. The van der Waals surface area contributed by atoms with Gasteiger partial charge in [0.1, 0.15) is 28.6 Å². The Morgan fingerprint density at radius 3 is 2.34 bits per heavy atom. The van der Waals surface area contributed by atoms with Gasteiger partial charge in [0.05, 0.1) is 6.04 Å². The van der Waals surface area contributed by atoms with Gasteiger partial charge in [0.15, 0.2) is 0 Å². The molecule has 3 aliphatic rings. The molecule has 1 atom stereocenters. The van der Waals surface area contributed by atoms with Crippen LogP contribution in [0.4, 0.5) is 5.82 Å². The summed E-state index contributed by atoms with van der Waals surface area (Å²) in [4.78, 5) is 15.3. The minimum atomic E-state index is -0.448. The first-order valence-corrected chi connectivity index (χ1v) is 14.1. The summed E-state index contributed by atoms with van der Waals surface area (Å²) in [5.41, 5.74) is 7.90. The third-order valence-electron chi connectivity index (χ3n) is 8.46. The van der Waals surface area contributed by atoms with Crippen LogP contribution in [-0.4, -0.2) is 59.9 Å². The zero-order chi connectivity index (χ0) is 25.9. The molecule has 0 spiro atoms. The molecule has 8 nitrogen and oxygen atoms in total. The van der Waals surface area contributed by atoms with Crippen molar-refractivity contribution < 1.29 is 9.53 Å². The average molecular weight is 515 g/mol. The molecule has 3 aliphatic heterocycles. The number of primary amides is 1. The van der Waals surface area contributed by atoms with Gasteiger partial charge in [-0.2, -0.15) is 5.10 Å². The van der Waals surface area contributed by atoms with Crippen LogP contribution in [0.3, 0.4) is 0 Å². The Balaban J connectivity index is 1.19. The van der Waals surface area contributed by atoms with E-state index in [1.165, 1.54) is 32.2 Å². The molecule has 3 aromatic rings. The second-order valence-electron chi connectivity index (χ2n) is 10.9. The highest BCUT2D eigenvalue weighted by Gasteiger charge is 2.35. The largest absolute Gasteiger partial charge is 0.457 e. The minimum Gasteiger partial charge on any atom is -0.457 e. The van der Waals surface area contributed by atoms with Crippen molar-refractivity contribution >= 4 is 11.7 Å². The highest BCUT2D eigenvalue weighted by molar-refractivity contribution is 6.03. The van der Waals surface area contributed by atoms with Crippen LogP contribution in [0.15, 0.2) is 54.6 Å². The number of benzene rings is 2. The van der Waals surface area contributed by atoms with Gasteiger partial charge in [0, 0.05) is 18.7 Å². The molecule has 8 heteroatoms. The molecule has 0 saturated carbocycles. The monoisotopic (exact) mass is 514 g/mol. The van der Waals surface area contributed by atoms with Crippen molar-refractivity contribution in [2.45, 2.75) is 38.1 Å². The van der Waals surface area contributed by atoms with E-state index in [1.807, 2.05) is 54.6 Å². The number of carbonyl (C=O) groups is 1. The number of aromatic nitrogens is 2. The second kappa shape index (κ2) is 11.2. The number of likely N-dealkylation sites (tertiary alicyclic amines) is 1. The van der Waals surface area contributed by atoms with Gasteiger partial charge in [0.25, 0.3) is 5.91 Å². The molecule has 4 heterocycles. The fraction of sp³-hybridized carbons (Fsp3) is 0.467. The number of anilines is 1. The first kappa shape index (κ1) is 24.9. The van der Waals surface area contributed by atoms with Crippen LogP contribution in [0.1, 0.15) is 48.5 Å². The number of nitrogens with two attached hydrogens (primary N) is 1. The maximum absolute atomic E-state index is 12.6. The third-order valence-corrected chi connectivity index (χ3v) is 8.46. The van der Waals surface area contributed by atoms with Crippen LogP contribution >= 0.6 is 0 Å².